The van der Waals surface area contributed by atoms with E-state index < -0.39 is 25.2 Å². The summed E-state index contributed by atoms with van der Waals surface area (Å²) in [6.07, 6.45) is 4.30. The fourth-order valence-electron chi connectivity index (χ4n) is 3.67. The van der Waals surface area contributed by atoms with Gasteiger partial charge in [-0.1, -0.05) is 0 Å². The number of ketones is 1. The molecular formula is C21H28N2O8. The molecule has 3 N–H and O–H groups in total. The number of nitrogens with zero attached hydrogens (tertiary/aromatic N) is 1. The minimum Gasteiger partial charge on any atom is -0.479 e. The van der Waals surface area contributed by atoms with Crippen molar-refractivity contribution in [1.29, 1.82) is 0 Å². The molecule has 0 aromatic heterocycles. The molecule has 0 spiro atoms. The fraction of sp³-hybridized carbons (Fsp3) is 0.524. The first-order valence-electron chi connectivity index (χ1n) is 10.1. The van der Waals surface area contributed by atoms with Gasteiger partial charge >= 0.3 is 11.9 Å². The summed E-state index contributed by atoms with van der Waals surface area (Å²) in [5.41, 5.74) is 0.207. The Morgan fingerprint density at radius 3 is 2.23 bits per heavy atom. The van der Waals surface area contributed by atoms with Crippen LogP contribution in [0.3, 0.4) is 0 Å². The minimum absolute atomic E-state index is 0.00420. The number of hydrogen-bond donors (Lipinski definition) is 3. The molecule has 0 bridgehead atoms. The van der Waals surface area contributed by atoms with E-state index in [1.165, 1.54) is 23.1 Å². The number of hydrogen-bond acceptors (Lipinski definition) is 7. The molecule has 0 radical (unpaired) electrons. The molecule has 0 saturated heterocycles. The molecule has 2 rings (SSSR count). The lowest BCUT2D eigenvalue weighted by Crippen LogP contribution is -2.41. The lowest BCUT2D eigenvalue weighted by atomic mass is 9.85. The van der Waals surface area contributed by atoms with E-state index in [0.29, 0.717) is 12.3 Å². The van der Waals surface area contributed by atoms with Crippen molar-refractivity contribution in [3.8, 4) is 11.5 Å². The van der Waals surface area contributed by atoms with Crippen LogP contribution in [0.2, 0.25) is 0 Å². The number of carboxylic acids is 2. The Morgan fingerprint density at radius 2 is 1.68 bits per heavy atom. The largest absolute Gasteiger partial charge is 0.479 e. The van der Waals surface area contributed by atoms with Crippen molar-refractivity contribution in [3.63, 3.8) is 0 Å². The third kappa shape index (κ3) is 7.56. The Hall–Kier alpha value is -3.14. The molecule has 1 amide bonds. The van der Waals surface area contributed by atoms with Crippen molar-refractivity contribution in [2.75, 3.05) is 33.4 Å². The predicted molar refractivity (Wildman–Crippen MR) is 109 cm³/mol. The quantitative estimate of drug-likeness (QED) is 0.305. The number of carbonyl (C=O) groups excluding carboxylic acids is 2. The summed E-state index contributed by atoms with van der Waals surface area (Å²) in [4.78, 5) is 47.4. The molecule has 0 unspecified atom stereocenters. The second kappa shape index (κ2) is 11.9. The zero-order chi connectivity index (χ0) is 22.8. The van der Waals surface area contributed by atoms with Crippen molar-refractivity contribution in [3.05, 3.63) is 23.8 Å². The third-order valence-corrected chi connectivity index (χ3v) is 5.21. The van der Waals surface area contributed by atoms with Crippen LogP contribution in [0.1, 0.15) is 36.0 Å². The van der Waals surface area contributed by atoms with Gasteiger partial charge in [-0.25, -0.2) is 9.59 Å². The number of nitrogens with one attached hydrogen (secondary N) is 1. The molecule has 1 saturated carbocycles. The molecule has 0 atom stereocenters. The Kier molecular flexibility index (Phi) is 9.26. The highest BCUT2D eigenvalue weighted by Crippen LogP contribution is 2.30. The number of ether oxygens (including phenoxy) is 2. The van der Waals surface area contributed by atoms with E-state index in [0.717, 1.165) is 32.2 Å². The highest BCUT2D eigenvalue weighted by Gasteiger charge is 2.26. The molecule has 10 heteroatoms. The van der Waals surface area contributed by atoms with E-state index in [-0.39, 0.29) is 35.4 Å². The molecule has 170 valence electrons. The maximum absolute atomic E-state index is 12.8. The molecule has 31 heavy (non-hydrogen) atoms. The smallest absolute Gasteiger partial charge is 0.341 e. The topological polar surface area (TPSA) is 142 Å². The summed E-state index contributed by atoms with van der Waals surface area (Å²) in [6.45, 7) is -0.510. The number of carbonyl (C=O) groups is 4. The average molecular weight is 436 g/mol. The highest BCUT2D eigenvalue weighted by atomic mass is 16.5. The van der Waals surface area contributed by atoms with Gasteiger partial charge in [0, 0.05) is 11.6 Å². The summed E-state index contributed by atoms with van der Waals surface area (Å²) in [5.74, 6) is -2.26. The third-order valence-electron chi connectivity index (χ3n) is 5.21. The number of rotatable bonds is 13. The summed E-state index contributed by atoms with van der Waals surface area (Å²) >= 11 is 0. The van der Waals surface area contributed by atoms with Gasteiger partial charge in [-0.2, -0.15) is 0 Å². The summed E-state index contributed by atoms with van der Waals surface area (Å²) < 4.78 is 10.2. The van der Waals surface area contributed by atoms with Gasteiger partial charge in [0.05, 0.1) is 6.54 Å². The van der Waals surface area contributed by atoms with Gasteiger partial charge in [0.25, 0.3) is 0 Å². The van der Waals surface area contributed by atoms with E-state index in [1.807, 2.05) is 7.05 Å². The molecule has 0 heterocycles. The van der Waals surface area contributed by atoms with Gasteiger partial charge < -0.3 is 29.9 Å². The number of Topliss-reactive ketones (excluding diaryl/α,β-unsaturated/α-hetero) is 1. The maximum Gasteiger partial charge on any atom is 0.341 e. The number of carboxylic acid groups (broad SMARTS) is 2. The van der Waals surface area contributed by atoms with Crippen LogP contribution in [0.25, 0.3) is 0 Å². The summed E-state index contributed by atoms with van der Waals surface area (Å²) in [6, 6.07) is 4.08. The monoisotopic (exact) mass is 436 g/mol. The second-order valence-corrected chi connectivity index (χ2v) is 7.46. The lowest BCUT2D eigenvalue weighted by Gasteiger charge is -2.34. The summed E-state index contributed by atoms with van der Waals surface area (Å²) in [7, 11) is 1.91. The number of amides is 1. The molecule has 1 aromatic carbocycles. The van der Waals surface area contributed by atoms with Crippen LogP contribution in [-0.4, -0.2) is 78.6 Å². The van der Waals surface area contributed by atoms with E-state index >= 15 is 0 Å². The Morgan fingerprint density at radius 1 is 1.06 bits per heavy atom. The number of benzene rings is 1. The van der Waals surface area contributed by atoms with E-state index in [2.05, 4.69) is 5.32 Å². The van der Waals surface area contributed by atoms with Crippen molar-refractivity contribution < 1.29 is 38.9 Å². The fourth-order valence-corrected chi connectivity index (χ4v) is 3.67. The Balaban J connectivity index is 2.08. The molecule has 1 aliphatic rings. The van der Waals surface area contributed by atoms with Crippen molar-refractivity contribution >= 4 is 24.1 Å². The maximum atomic E-state index is 12.8. The average Bonchev–Trinajstić information content (AvgIpc) is 2.75. The lowest BCUT2D eigenvalue weighted by molar-refractivity contribution is -0.140. The van der Waals surface area contributed by atoms with Crippen molar-refractivity contribution in [2.45, 2.75) is 31.7 Å². The molecule has 0 aliphatic heterocycles. The second-order valence-electron chi connectivity index (χ2n) is 7.46. The zero-order valence-electron chi connectivity index (χ0n) is 17.4. The first kappa shape index (κ1) is 24.1. The van der Waals surface area contributed by atoms with Crippen LogP contribution in [0.15, 0.2) is 18.2 Å². The van der Waals surface area contributed by atoms with Crippen LogP contribution in [-0.2, 0) is 14.4 Å². The zero-order valence-corrected chi connectivity index (χ0v) is 17.4. The first-order chi connectivity index (χ1) is 14.8. The van der Waals surface area contributed by atoms with Crippen LogP contribution < -0.4 is 14.8 Å². The molecular weight excluding hydrogens is 408 g/mol. The van der Waals surface area contributed by atoms with Gasteiger partial charge in [-0.15, -0.1) is 0 Å². The normalized spacial score (nSPS) is 18.1. The van der Waals surface area contributed by atoms with Crippen molar-refractivity contribution in [2.24, 2.45) is 5.92 Å². The Labute approximate surface area is 180 Å². The van der Waals surface area contributed by atoms with Gasteiger partial charge in [0.2, 0.25) is 6.41 Å². The van der Waals surface area contributed by atoms with E-state index in [1.54, 1.807) is 0 Å². The van der Waals surface area contributed by atoms with Crippen LogP contribution in [0.5, 0.6) is 11.5 Å². The predicted octanol–water partition coefficient (Wildman–Crippen LogP) is 1.03. The van der Waals surface area contributed by atoms with E-state index in [4.69, 9.17) is 19.7 Å². The molecule has 1 fully saturated rings. The first-order valence-corrected chi connectivity index (χ1v) is 10.1. The minimum atomic E-state index is -1.23. The van der Waals surface area contributed by atoms with Crippen molar-refractivity contribution in [1.82, 2.24) is 10.2 Å². The van der Waals surface area contributed by atoms with E-state index in [9.17, 15) is 19.2 Å². The molecule has 1 aromatic rings. The highest BCUT2D eigenvalue weighted by molar-refractivity contribution is 5.99. The van der Waals surface area contributed by atoms with Crippen LogP contribution in [0, 0.1) is 5.92 Å². The van der Waals surface area contributed by atoms with Gasteiger partial charge in [-0.05, 0) is 63.4 Å². The van der Waals surface area contributed by atoms with Crippen LogP contribution in [0.4, 0.5) is 0 Å². The van der Waals surface area contributed by atoms with Gasteiger partial charge in [0.15, 0.2) is 30.5 Å². The molecule has 1 aliphatic carbocycles. The van der Waals surface area contributed by atoms with Gasteiger partial charge in [-0.3, -0.25) is 9.59 Å². The molecule has 10 nitrogen and oxygen atoms in total. The Bertz CT molecular complexity index is 790. The standard InChI is InChI=1S/C21H28N2O8/c1-22-9-14-2-5-16(6-3-14)23(13-24)10-17(25)15-4-7-18(30-11-20(26)27)19(8-15)31-12-21(28)29/h4,7-8,13-14,16,22H,2-3,5-6,9-12H2,1H3,(H,26,27)(H,28,29). The van der Waals surface area contributed by atoms with Gasteiger partial charge in [0.1, 0.15) is 0 Å². The number of aliphatic carboxylic acids is 2. The summed E-state index contributed by atoms with van der Waals surface area (Å²) in [5, 5.41) is 20.8. The SMILES string of the molecule is CNCC1CCC(N(C=O)CC(=O)c2ccc(OCC(=O)O)c(OCC(=O)O)c2)CC1. The van der Waals surface area contributed by atoms with Crippen LogP contribution >= 0.6 is 0 Å².